The Bertz CT molecular complexity index is 611. The number of hydrogen-bond acceptors (Lipinski definition) is 4. The van der Waals surface area contributed by atoms with Crippen molar-refractivity contribution in [2.75, 3.05) is 46.9 Å². The Morgan fingerprint density at radius 1 is 1.21 bits per heavy atom. The van der Waals surface area contributed by atoms with Crippen LogP contribution < -0.4 is 20.5 Å². The van der Waals surface area contributed by atoms with E-state index in [0.717, 1.165) is 36.9 Å². The van der Waals surface area contributed by atoms with Crippen molar-refractivity contribution in [1.82, 2.24) is 10.2 Å². The summed E-state index contributed by atoms with van der Waals surface area (Å²) in [5.41, 5.74) is 7.22. The molecular weight excluding hydrogens is 352 g/mol. The smallest absolute Gasteiger partial charge is 0.188 e. The predicted octanol–water partition coefficient (Wildman–Crippen LogP) is 2.91. The summed E-state index contributed by atoms with van der Waals surface area (Å²) in [7, 11) is 3.30. The molecule has 6 nitrogen and oxygen atoms in total. The van der Waals surface area contributed by atoms with Gasteiger partial charge >= 0.3 is 0 Å². The van der Waals surface area contributed by atoms with Crippen molar-refractivity contribution in [2.24, 2.45) is 22.6 Å². The summed E-state index contributed by atoms with van der Waals surface area (Å²) in [6.45, 7) is 9.78. The van der Waals surface area contributed by atoms with Crippen LogP contribution in [0.15, 0.2) is 23.2 Å². The minimum Gasteiger partial charge on any atom is -0.493 e. The number of rotatable bonds is 10. The Kier molecular flexibility index (Phi) is 9.41. The van der Waals surface area contributed by atoms with Crippen LogP contribution in [0.1, 0.15) is 38.7 Å². The highest BCUT2D eigenvalue weighted by atomic mass is 16.5. The topological polar surface area (TPSA) is 72.1 Å². The van der Waals surface area contributed by atoms with Crippen LogP contribution in [0.25, 0.3) is 0 Å². The first kappa shape index (κ1) is 22.3. The number of nitrogens with one attached hydrogen (secondary N) is 1. The fourth-order valence-corrected chi connectivity index (χ4v) is 3.49. The second-order valence-electron chi connectivity index (χ2n) is 8.06. The number of piperidine rings is 1. The average molecular weight is 391 g/mol. The molecule has 1 saturated heterocycles. The molecule has 158 valence electrons. The maximum absolute atomic E-state index is 6.05. The summed E-state index contributed by atoms with van der Waals surface area (Å²) in [4.78, 5) is 7.15. The normalized spacial score (nSPS) is 16.4. The van der Waals surface area contributed by atoms with Crippen LogP contribution >= 0.6 is 0 Å². The number of benzene rings is 1. The molecule has 0 bridgehead atoms. The van der Waals surface area contributed by atoms with E-state index in [-0.39, 0.29) is 0 Å². The molecule has 1 aliphatic heterocycles. The van der Waals surface area contributed by atoms with Crippen LogP contribution in [-0.2, 0) is 6.42 Å². The van der Waals surface area contributed by atoms with E-state index >= 15 is 0 Å². The molecule has 0 unspecified atom stereocenters. The summed E-state index contributed by atoms with van der Waals surface area (Å²) in [6, 6.07) is 5.98. The Labute approximate surface area is 170 Å². The summed E-state index contributed by atoms with van der Waals surface area (Å²) < 4.78 is 10.6. The second kappa shape index (κ2) is 11.8. The van der Waals surface area contributed by atoms with E-state index in [1.165, 1.54) is 44.5 Å². The fraction of sp³-hybridized carbons (Fsp3) is 0.682. The molecule has 1 heterocycles. The van der Waals surface area contributed by atoms with Crippen molar-refractivity contribution in [1.29, 1.82) is 0 Å². The minimum absolute atomic E-state index is 0.544. The maximum atomic E-state index is 6.05. The van der Waals surface area contributed by atoms with Crippen LogP contribution in [-0.4, -0.2) is 57.8 Å². The van der Waals surface area contributed by atoms with Crippen molar-refractivity contribution in [3.05, 3.63) is 23.8 Å². The Morgan fingerprint density at radius 2 is 1.93 bits per heavy atom. The molecule has 0 aliphatic carbocycles. The third-order valence-corrected chi connectivity index (χ3v) is 5.42. The third kappa shape index (κ3) is 7.58. The standard InChI is InChI=1S/C22H38N4O2/c1-17(2)8-12-26-13-9-19(10-14-26)16-25-22(23)24-11-7-18-5-6-20(27-3)21(15-18)28-4/h5-6,15,17,19H,7-14,16H2,1-4H3,(H3,23,24,25). The molecule has 3 N–H and O–H groups in total. The van der Waals surface area contributed by atoms with E-state index in [1.54, 1.807) is 14.2 Å². The number of aliphatic imine (C=N–C) groups is 1. The molecule has 28 heavy (non-hydrogen) atoms. The van der Waals surface area contributed by atoms with Crippen LogP contribution in [0.5, 0.6) is 11.5 Å². The first-order valence-corrected chi connectivity index (χ1v) is 10.5. The zero-order valence-electron chi connectivity index (χ0n) is 18.0. The van der Waals surface area contributed by atoms with Gasteiger partial charge in [-0.2, -0.15) is 0 Å². The van der Waals surface area contributed by atoms with E-state index in [2.05, 4.69) is 29.1 Å². The Balaban J connectivity index is 1.67. The lowest BCUT2D eigenvalue weighted by Gasteiger charge is -2.31. The van der Waals surface area contributed by atoms with E-state index in [9.17, 15) is 0 Å². The van der Waals surface area contributed by atoms with Gasteiger partial charge < -0.3 is 25.4 Å². The van der Waals surface area contributed by atoms with E-state index in [1.807, 2.05) is 18.2 Å². The van der Waals surface area contributed by atoms with Gasteiger partial charge in [0.1, 0.15) is 0 Å². The first-order chi connectivity index (χ1) is 13.5. The van der Waals surface area contributed by atoms with Crippen molar-refractivity contribution in [3.8, 4) is 11.5 Å². The molecule has 2 rings (SSSR count). The van der Waals surface area contributed by atoms with Gasteiger partial charge in [0.15, 0.2) is 17.5 Å². The molecule has 1 aromatic rings. The molecule has 1 fully saturated rings. The third-order valence-electron chi connectivity index (χ3n) is 5.42. The maximum Gasteiger partial charge on any atom is 0.188 e. The molecule has 0 amide bonds. The van der Waals surface area contributed by atoms with Crippen LogP contribution in [0, 0.1) is 11.8 Å². The van der Waals surface area contributed by atoms with Crippen molar-refractivity contribution in [3.63, 3.8) is 0 Å². The highest BCUT2D eigenvalue weighted by molar-refractivity contribution is 5.77. The minimum atomic E-state index is 0.544. The number of nitrogens with two attached hydrogens (primary N) is 1. The van der Waals surface area contributed by atoms with Crippen LogP contribution in [0.4, 0.5) is 0 Å². The molecule has 0 saturated carbocycles. The number of methoxy groups -OCH3 is 2. The van der Waals surface area contributed by atoms with Gasteiger partial charge in [-0.05, 0) is 74.8 Å². The number of likely N-dealkylation sites (tertiary alicyclic amines) is 1. The van der Waals surface area contributed by atoms with E-state index in [0.29, 0.717) is 11.9 Å². The monoisotopic (exact) mass is 390 g/mol. The molecule has 0 aromatic heterocycles. The lowest BCUT2D eigenvalue weighted by atomic mass is 9.96. The average Bonchev–Trinajstić information content (AvgIpc) is 2.71. The highest BCUT2D eigenvalue weighted by Gasteiger charge is 2.18. The van der Waals surface area contributed by atoms with Crippen LogP contribution in [0.3, 0.4) is 0 Å². The molecule has 1 aromatic carbocycles. The quantitative estimate of drug-likeness (QED) is 0.475. The number of guanidine groups is 1. The van der Waals surface area contributed by atoms with Gasteiger partial charge in [-0.15, -0.1) is 0 Å². The van der Waals surface area contributed by atoms with Gasteiger partial charge in [0, 0.05) is 13.1 Å². The van der Waals surface area contributed by atoms with Crippen molar-refractivity contribution in [2.45, 2.75) is 39.5 Å². The number of nitrogens with zero attached hydrogens (tertiary/aromatic N) is 2. The van der Waals surface area contributed by atoms with Gasteiger partial charge in [-0.1, -0.05) is 19.9 Å². The summed E-state index contributed by atoms with van der Waals surface area (Å²) in [6.07, 6.45) is 4.59. The van der Waals surface area contributed by atoms with Gasteiger partial charge in [0.25, 0.3) is 0 Å². The lowest BCUT2D eigenvalue weighted by molar-refractivity contribution is 0.180. The summed E-state index contributed by atoms with van der Waals surface area (Å²) >= 11 is 0. The number of hydrogen-bond donors (Lipinski definition) is 2. The van der Waals surface area contributed by atoms with Crippen LogP contribution in [0.2, 0.25) is 0 Å². The molecule has 0 radical (unpaired) electrons. The molecule has 0 atom stereocenters. The lowest BCUT2D eigenvalue weighted by Crippen LogP contribution is -2.37. The first-order valence-electron chi connectivity index (χ1n) is 10.5. The predicted molar refractivity (Wildman–Crippen MR) is 116 cm³/mol. The summed E-state index contributed by atoms with van der Waals surface area (Å²) in [5.74, 6) is 3.48. The Morgan fingerprint density at radius 3 is 2.57 bits per heavy atom. The van der Waals surface area contributed by atoms with Crippen molar-refractivity contribution < 1.29 is 9.47 Å². The highest BCUT2D eigenvalue weighted by Crippen LogP contribution is 2.27. The zero-order valence-corrected chi connectivity index (χ0v) is 18.0. The zero-order chi connectivity index (χ0) is 20.4. The molecular formula is C22H38N4O2. The SMILES string of the molecule is COc1ccc(CCNC(N)=NCC2CCN(CCC(C)C)CC2)cc1OC. The van der Waals surface area contributed by atoms with E-state index < -0.39 is 0 Å². The fourth-order valence-electron chi connectivity index (χ4n) is 3.49. The van der Waals surface area contributed by atoms with Gasteiger partial charge in [0.05, 0.1) is 14.2 Å². The van der Waals surface area contributed by atoms with Gasteiger partial charge in [0.2, 0.25) is 0 Å². The number of ether oxygens (including phenoxy) is 2. The van der Waals surface area contributed by atoms with Crippen molar-refractivity contribution >= 4 is 5.96 Å². The molecule has 1 aliphatic rings. The largest absolute Gasteiger partial charge is 0.493 e. The summed E-state index contributed by atoms with van der Waals surface area (Å²) in [5, 5.41) is 3.22. The second-order valence-corrected chi connectivity index (χ2v) is 8.06. The molecule has 0 spiro atoms. The Hall–Kier alpha value is -1.95. The van der Waals surface area contributed by atoms with Gasteiger partial charge in [-0.25, -0.2) is 0 Å². The van der Waals surface area contributed by atoms with E-state index in [4.69, 9.17) is 15.2 Å². The van der Waals surface area contributed by atoms with Gasteiger partial charge in [-0.3, -0.25) is 4.99 Å². The molecule has 6 heteroatoms.